The van der Waals surface area contributed by atoms with E-state index in [4.69, 9.17) is 0 Å². The maximum Gasteiger partial charge on any atom is 0.244 e. The van der Waals surface area contributed by atoms with Crippen LogP contribution in [0, 0.1) is 6.92 Å². The molecule has 0 spiro atoms. The lowest BCUT2D eigenvalue weighted by molar-refractivity contribution is 0.211. The first-order valence-electron chi connectivity index (χ1n) is 6.27. The lowest BCUT2D eigenvalue weighted by Gasteiger charge is -2.31. The Labute approximate surface area is 108 Å². The van der Waals surface area contributed by atoms with E-state index in [1.54, 1.807) is 6.92 Å². The van der Waals surface area contributed by atoms with Crippen LogP contribution in [0.3, 0.4) is 0 Å². The van der Waals surface area contributed by atoms with E-state index in [2.05, 4.69) is 26.7 Å². The van der Waals surface area contributed by atoms with E-state index >= 15 is 0 Å². The third kappa shape index (κ3) is 2.90. The van der Waals surface area contributed by atoms with E-state index in [-0.39, 0.29) is 10.9 Å². The first kappa shape index (κ1) is 13.5. The Kier molecular flexibility index (Phi) is 4.04. The molecule has 1 unspecified atom stereocenters. The molecule has 1 saturated heterocycles. The van der Waals surface area contributed by atoms with Crippen molar-refractivity contribution < 1.29 is 8.42 Å². The average Bonchev–Trinajstić information content (AvgIpc) is 2.76. The zero-order chi connectivity index (χ0) is 13.2. The maximum absolute atomic E-state index is 12.2. The zero-order valence-corrected chi connectivity index (χ0v) is 11.6. The van der Waals surface area contributed by atoms with Gasteiger partial charge in [0.1, 0.15) is 4.90 Å². The van der Waals surface area contributed by atoms with E-state index in [1.807, 2.05) is 0 Å². The second kappa shape index (κ2) is 5.38. The second-order valence-electron chi connectivity index (χ2n) is 4.71. The highest BCUT2D eigenvalue weighted by Gasteiger charge is 2.26. The van der Waals surface area contributed by atoms with Crippen LogP contribution in [0.5, 0.6) is 0 Å². The van der Waals surface area contributed by atoms with Gasteiger partial charge in [0.15, 0.2) is 0 Å². The zero-order valence-electron chi connectivity index (χ0n) is 10.8. The van der Waals surface area contributed by atoms with Gasteiger partial charge in [0.25, 0.3) is 0 Å². The minimum atomic E-state index is -3.45. The molecule has 0 bridgehead atoms. The van der Waals surface area contributed by atoms with Gasteiger partial charge in [-0.1, -0.05) is 6.92 Å². The van der Waals surface area contributed by atoms with Crippen molar-refractivity contribution in [2.24, 2.45) is 0 Å². The van der Waals surface area contributed by atoms with Gasteiger partial charge >= 0.3 is 0 Å². The monoisotopic (exact) mass is 272 g/mol. The van der Waals surface area contributed by atoms with Gasteiger partial charge < -0.3 is 4.90 Å². The molecule has 1 atom stereocenters. The quantitative estimate of drug-likeness (QED) is 0.835. The summed E-state index contributed by atoms with van der Waals surface area (Å²) in [5, 5.41) is 6.41. The molecular formula is C11H20N4O2S. The summed E-state index contributed by atoms with van der Waals surface area (Å²) in [5.41, 5.74) is 0.575. The Morgan fingerprint density at radius 1 is 1.61 bits per heavy atom. The van der Waals surface area contributed by atoms with E-state index in [1.165, 1.54) is 6.20 Å². The third-order valence-corrected chi connectivity index (χ3v) is 4.98. The molecule has 102 valence electrons. The van der Waals surface area contributed by atoms with Crippen LogP contribution in [-0.4, -0.2) is 49.2 Å². The van der Waals surface area contributed by atoms with Crippen LogP contribution in [0.1, 0.15) is 25.5 Å². The molecule has 0 aliphatic carbocycles. The number of piperidine rings is 1. The van der Waals surface area contributed by atoms with Crippen molar-refractivity contribution in [3.05, 3.63) is 11.9 Å². The van der Waals surface area contributed by atoms with Crippen LogP contribution < -0.4 is 4.72 Å². The van der Waals surface area contributed by atoms with Crippen LogP contribution in [0.2, 0.25) is 0 Å². The normalized spacial score (nSPS) is 22.2. The minimum Gasteiger partial charge on any atom is -0.302 e. The number of likely N-dealkylation sites (N-methyl/N-ethyl adjacent to an activating group) is 1. The summed E-state index contributed by atoms with van der Waals surface area (Å²) in [5.74, 6) is 0. The van der Waals surface area contributed by atoms with Crippen molar-refractivity contribution >= 4 is 10.0 Å². The number of aromatic amines is 1. The third-order valence-electron chi connectivity index (χ3n) is 3.35. The number of sulfonamides is 1. The van der Waals surface area contributed by atoms with Crippen LogP contribution in [0.15, 0.2) is 11.1 Å². The fourth-order valence-electron chi connectivity index (χ4n) is 2.33. The van der Waals surface area contributed by atoms with Gasteiger partial charge in [0.2, 0.25) is 10.0 Å². The van der Waals surface area contributed by atoms with Crippen molar-refractivity contribution in [2.75, 3.05) is 19.6 Å². The highest BCUT2D eigenvalue weighted by molar-refractivity contribution is 7.89. The number of likely N-dealkylation sites (tertiary alicyclic amines) is 1. The molecule has 1 aromatic rings. The lowest BCUT2D eigenvalue weighted by Crippen LogP contribution is -2.47. The Bertz CT molecular complexity index is 497. The number of aryl methyl sites for hydroxylation is 1. The predicted molar refractivity (Wildman–Crippen MR) is 68.8 cm³/mol. The largest absolute Gasteiger partial charge is 0.302 e. The molecule has 0 amide bonds. The molecule has 18 heavy (non-hydrogen) atoms. The molecule has 0 radical (unpaired) electrons. The van der Waals surface area contributed by atoms with Crippen LogP contribution in [0.25, 0.3) is 0 Å². The molecule has 1 aromatic heterocycles. The van der Waals surface area contributed by atoms with Gasteiger partial charge in [-0.3, -0.25) is 5.10 Å². The van der Waals surface area contributed by atoms with Gasteiger partial charge in [0, 0.05) is 12.6 Å². The van der Waals surface area contributed by atoms with Crippen LogP contribution in [0.4, 0.5) is 0 Å². The van der Waals surface area contributed by atoms with E-state index in [0.29, 0.717) is 5.69 Å². The number of hydrogen-bond donors (Lipinski definition) is 2. The molecule has 1 fully saturated rings. The lowest BCUT2D eigenvalue weighted by atomic mass is 10.1. The molecule has 6 nitrogen and oxygen atoms in total. The second-order valence-corrected chi connectivity index (χ2v) is 6.40. The van der Waals surface area contributed by atoms with Crippen LogP contribution in [-0.2, 0) is 10.0 Å². The topological polar surface area (TPSA) is 78.1 Å². The fraction of sp³-hybridized carbons (Fsp3) is 0.727. The number of H-pyrrole nitrogens is 1. The number of rotatable bonds is 4. The van der Waals surface area contributed by atoms with Crippen molar-refractivity contribution in [2.45, 2.75) is 37.6 Å². The van der Waals surface area contributed by atoms with Crippen molar-refractivity contribution in [1.29, 1.82) is 0 Å². The summed E-state index contributed by atoms with van der Waals surface area (Å²) >= 11 is 0. The molecule has 2 heterocycles. The van der Waals surface area contributed by atoms with Crippen molar-refractivity contribution in [1.82, 2.24) is 19.8 Å². The molecule has 0 aromatic carbocycles. The summed E-state index contributed by atoms with van der Waals surface area (Å²) in [4.78, 5) is 2.51. The highest BCUT2D eigenvalue weighted by Crippen LogP contribution is 2.15. The SMILES string of the molecule is CCN1CCCC(NS(=O)(=O)c2cn[nH]c2C)C1. The van der Waals surface area contributed by atoms with Gasteiger partial charge in [-0.2, -0.15) is 5.10 Å². The summed E-state index contributed by atoms with van der Waals surface area (Å²) in [6.07, 6.45) is 3.29. The molecule has 0 saturated carbocycles. The maximum atomic E-state index is 12.2. The van der Waals surface area contributed by atoms with Crippen molar-refractivity contribution in [3.63, 3.8) is 0 Å². The van der Waals surface area contributed by atoms with Gasteiger partial charge in [0.05, 0.1) is 11.9 Å². The van der Waals surface area contributed by atoms with E-state index in [9.17, 15) is 8.42 Å². The minimum absolute atomic E-state index is 0.00185. The van der Waals surface area contributed by atoms with Gasteiger partial charge in [-0.25, -0.2) is 13.1 Å². The average molecular weight is 272 g/mol. The molecule has 2 rings (SSSR count). The molecular weight excluding hydrogens is 252 g/mol. The number of nitrogens with one attached hydrogen (secondary N) is 2. The molecule has 7 heteroatoms. The smallest absolute Gasteiger partial charge is 0.244 e. The predicted octanol–water partition coefficient (Wildman–Crippen LogP) is 0.481. The van der Waals surface area contributed by atoms with E-state index < -0.39 is 10.0 Å². The molecule has 1 aliphatic rings. The summed E-state index contributed by atoms with van der Waals surface area (Å²) in [6, 6.07) is -0.00185. The van der Waals surface area contributed by atoms with Crippen molar-refractivity contribution in [3.8, 4) is 0 Å². The van der Waals surface area contributed by atoms with E-state index in [0.717, 1.165) is 32.5 Å². The Hall–Kier alpha value is -0.920. The van der Waals surface area contributed by atoms with Crippen LogP contribution >= 0.6 is 0 Å². The standard InChI is InChI=1S/C11H20N4O2S/c1-3-15-6-4-5-10(8-15)14-18(16,17)11-7-12-13-9(11)2/h7,10,14H,3-6,8H2,1-2H3,(H,12,13). The number of nitrogens with zero attached hydrogens (tertiary/aromatic N) is 2. The number of aromatic nitrogens is 2. The highest BCUT2D eigenvalue weighted by atomic mass is 32.2. The first-order valence-corrected chi connectivity index (χ1v) is 7.76. The summed E-state index contributed by atoms with van der Waals surface area (Å²) < 4.78 is 27.1. The Morgan fingerprint density at radius 3 is 3.00 bits per heavy atom. The fourth-order valence-corrected chi connectivity index (χ4v) is 3.73. The summed E-state index contributed by atoms with van der Waals surface area (Å²) in [6.45, 7) is 6.60. The van der Waals surface area contributed by atoms with Gasteiger partial charge in [-0.15, -0.1) is 0 Å². The van der Waals surface area contributed by atoms with Gasteiger partial charge in [-0.05, 0) is 32.9 Å². The first-order chi connectivity index (χ1) is 8.53. The summed E-state index contributed by atoms with van der Waals surface area (Å²) in [7, 11) is -3.45. The molecule has 2 N–H and O–H groups in total. The number of hydrogen-bond acceptors (Lipinski definition) is 4. The Balaban J connectivity index is 2.07. The molecule has 1 aliphatic heterocycles. The Morgan fingerprint density at radius 2 is 2.39 bits per heavy atom.